The third-order valence-corrected chi connectivity index (χ3v) is 4.66. The van der Waals surface area contributed by atoms with Crippen molar-refractivity contribution in [2.45, 2.75) is 33.5 Å². The van der Waals surface area contributed by atoms with Crippen molar-refractivity contribution in [2.24, 2.45) is 10.9 Å². The van der Waals surface area contributed by atoms with Crippen molar-refractivity contribution in [2.75, 3.05) is 0 Å². The molecule has 1 heterocycles. The van der Waals surface area contributed by atoms with E-state index in [-0.39, 0.29) is 0 Å². The molecule has 1 unspecified atom stereocenters. The number of allylic oxidation sites excluding steroid dienone is 1. The first-order valence-corrected chi connectivity index (χ1v) is 7.68. The van der Waals surface area contributed by atoms with Crippen LogP contribution in [0.3, 0.4) is 0 Å². The van der Waals surface area contributed by atoms with Gasteiger partial charge in [-0.3, -0.25) is 4.99 Å². The number of rotatable bonds is 1. The predicted molar refractivity (Wildman–Crippen MR) is 53.7 cm³/mol. The molecule has 62 valence electrons. The quantitative estimate of drug-likeness (QED) is 0.533. The Morgan fingerprint density at radius 1 is 1.36 bits per heavy atom. The highest BCUT2D eigenvalue weighted by Crippen LogP contribution is 2.27. The molecule has 0 aliphatic carbocycles. The molecule has 1 aliphatic rings. The van der Waals surface area contributed by atoms with E-state index < -0.39 is 8.07 Å². The van der Waals surface area contributed by atoms with E-state index in [9.17, 15) is 0 Å². The van der Waals surface area contributed by atoms with Crippen LogP contribution in [0.5, 0.6) is 0 Å². The van der Waals surface area contributed by atoms with Crippen molar-refractivity contribution in [1.29, 1.82) is 0 Å². The van der Waals surface area contributed by atoms with Crippen LogP contribution in [0, 0.1) is 5.92 Å². The topological polar surface area (TPSA) is 12.4 Å². The molecule has 1 atom stereocenters. The van der Waals surface area contributed by atoms with Crippen LogP contribution in [0.4, 0.5) is 0 Å². The maximum atomic E-state index is 4.35. The molecule has 0 bridgehead atoms. The van der Waals surface area contributed by atoms with Crippen LogP contribution in [-0.2, 0) is 0 Å². The lowest BCUT2D eigenvalue weighted by Gasteiger charge is -2.22. The van der Waals surface area contributed by atoms with Crippen LogP contribution < -0.4 is 0 Å². The molecule has 0 radical (unpaired) electrons. The van der Waals surface area contributed by atoms with Gasteiger partial charge in [0.05, 0.1) is 8.07 Å². The van der Waals surface area contributed by atoms with Crippen molar-refractivity contribution >= 4 is 13.8 Å². The van der Waals surface area contributed by atoms with Gasteiger partial charge in [-0.05, 0) is 6.92 Å². The second kappa shape index (κ2) is 2.59. The molecule has 0 aromatic rings. The summed E-state index contributed by atoms with van der Waals surface area (Å²) in [6.07, 6.45) is 2.09. The van der Waals surface area contributed by atoms with Crippen molar-refractivity contribution in [3.63, 3.8) is 0 Å². The molecule has 2 heteroatoms. The Labute approximate surface area is 70.2 Å². The van der Waals surface area contributed by atoms with E-state index in [1.807, 2.05) is 0 Å². The molecule has 1 nitrogen and oxygen atoms in total. The van der Waals surface area contributed by atoms with Crippen LogP contribution >= 0.6 is 0 Å². The molecule has 0 saturated heterocycles. The molecule has 1 rings (SSSR count). The minimum atomic E-state index is -1.08. The summed E-state index contributed by atoms with van der Waals surface area (Å²) in [5.41, 5.74) is 1.28. The van der Waals surface area contributed by atoms with Crippen molar-refractivity contribution in [1.82, 2.24) is 0 Å². The summed E-state index contributed by atoms with van der Waals surface area (Å²) in [5, 5.41) is 1.59. The minimum Gasteiger partial charge on any atom is -0.266 e. The second-order valence-corrected chi connectivity index (χ2v) is 9.40. The van der Waals surface area contributed by atoms with Crippen molar-refractivity contribution in [3.05, 3.63) is 11.4 Å². The Morgan fingerprint density at radius 3 is 2.09 bits per heavy atom. The lowest BCUT2D eigenvalue weighted by atomic mass is 10.1. The first kappa shape index (κ1) is 8.72. The van der Waals surface area contributed by atoms with Crippen LogP contribution in [0.15, 0.2) is 16.4 Å². The summed E-state index contributed by atoms with van der Waals surface area (Å²) in [4.78, 5) is 4.35. The van der Waals surface area contributed by atoms with E-state index >= 15 is 0 Å². The lowest BCUT2D eigenvalue weighted by molar-refractivity contribution is 0.978. The highest BCUT2D eigenvalue weighted by molar-refractivity contribution is 6.83. The van der Waals surface area contributed by atoms with Crippen LogP contribution in [0.25, 0.3) is 0 Å². The molecule has 0 aromatic carbocycles. The summed E-state index contributed by atoms with van der Waals surface area (Å²) >= 11 is 0. The van der Waals surface area contributed by atoms with Gasteiger partial charge in [0, 0.05) is 17.8 Å². The second-order valence-electron chi connectivity index (χ2n) is 4.33. The van der Waals surface area contributed by atoms with E-state index in [4.69, 9.17) is 0 Å². The summed E-state index contributed by atoms with van der Waals surface area (Å²) in [6, 6.07) is 0. The Hall–Kier alpha value is -0.373. The maximum Gasteiger partial charge on any atom is 0.0753 e. The molecule has 0 saturated carbocycles. The average Bonchev–Trinajstić information content (AvgIpc) is 2.11. The molecule has 1 aliphatic heterocycles. The number of nitrogens with zero attached hydrogens (tertiary/aromatic N) is 1. The smallest absolute Gasteiger partial charge is 0.0753 e. The van der Waals surface area contributed by atoms with Gasteiger partial charge in [-0.1, -0.05) is 31.8 Å². The molecule has 0 spiro atoms. The van der Waals surface area contributed by atoms with Crippen LogP contribution in [0.1, 0.15) is 13.8 Å². The van der Waals surface area contributed by atoms with Gasteiger partial charge in [-0.15, -0.1) is 0 Å². The predicted octanol–water partition coefficient (Wildman–Crippen LogP) is 2.86. The summed E-state index contributed by atoms with van der Waals surface area (Å²) < 4.78 is 0. The van der Waals surface area contributed by atoms with Gasteiger partial charge in [-0.2, -0.15) is 0 Å². The molecule has 0 aromatic heterocycles. The van der Waals surface area contributed by atoms with Crippen molar-refractivity contribution < 1.29 is 0 Å². The standard InChI is InChI=1S/C9H17NSi/c1-7-8(2)10-6-9(7)11(3,4)5/h6-7H,1-5H3. The third-order valence-electron chi connectivity index (χ3n) is 2.37. The zero-order chi connectivity index (χ0) is 8.65. The Bertz CT molecular complexity index is 220. The zero-order valence-electron chi connectivity index (χ0n) is 8.10. The summed E-state index contributed by atoms with van der Waals surface area (Å²) in [6.45, 7) is 11.5. The highest BCUT2D eigenvalue weighted by Gasteiger charge is 2.28. The number of hydrogen-bond acceptors (Lipinski definition) is 1. The Morgan fingerprint density at radius 2 is 1.91 bits per heavy atom. The lowest BCUT2D eigenvalue weighted by Crippen LogP contribution is -2.28. The van der Waals surface area contributed by atoms with Gasteiger partial charge in [0.1, 0.15) is 0 Å². The van der Waals surface area contributed by atoms with Gasteiger partial charge >= 0.3 is 0 Å². The van der Waals surface area contributed by atoms with E-state index in [2.05, 4.69) is 44.7 Å². The SMILES string of the molecule is CC1=NC=C([Si](C)(C)C)C1C. The normalized spacial score (nSPS) is 25.0. The molecule has 11 heavy (non-hydrogen) atoms. The van der Waals surface area contributed by atoms with Gasteiger partial charge < -0.3 is 0 Å². The largest absolute Gasteiger partial charge is 0.266 e. The zero-order valence-corrected chi connectivity index (χ0v) is 9.10. The van der Waals surface area contributed by atoms with E-state index in [1.54, 1.807) is 5.20 Å². The molecular weight excluding hydrogens is 150 g/mol. The molecule has 0 N–H and O–H groups in total. The summed E-state index contributed by atoms with van der Waals surface area (Å²) in [7, 11) is -1.08. The van der Waals surface area contributed by atoms with Crippen molar-refractivity contribution in [3.8, 4) is 0 Å². The maximum absolute atomic E-state index is 4.35. The fourth-order valence-electron chi connectivity index (χ4n) is 1.46. The van der Waals surface area contributed by atoms with E-state index in [0.717, 1.165) is 0 Å². The van der Waals surface area contributed by atoms with E-state index in [1.165, 1.54) is 5.71 Å². The van der Waals surface area contributed by atoms with Crippen LogP contribution in [0.2, 0.25) is 19.6 Å². The first-order valence-electron chi connectivity index (χ1n) is 4.18. The third kappa shape index (κ3) is 1.61. The number of hydrogen-bond donors (Lipinski definition) is 0. The Balaban J connectivity index is 2.83. The van der Waals surface area contributed by atoms with Gasteiger partial charge in [0.2, 0.25) is 0 Å². The Kier molecular flexibility index (Phi) is 2.05. The highest BCUT2D eigenvalue weighted by atomic mass is 28.3. The van der Waals surface area contributed by atoms with Gasteiger partial charge in [-0.25, -0.2) is 0 Å². The summed E-state index contributed by atoms with van der Waals surface area (Å²) in [5.74, 6) is 0.613. The van der Waals surface area contributed by atoms with Gasteiger partial charge in [0.25, 0.3) is 0 Å². The van der Waals surface area contributed by atoms with Gasteiger partial charge in [0.15, 0.2) is 0 Å². The average molecular weight is 167 g/mol. The molecule has 0 amide bonds. The first-order chi connectivity index (χ1) is 4.93. The molecular formula is C9H17NSi. The monoisotopic (exact) mass is 167 g/mol. The van der Waals surface area contributed by atoms with Crippen LogP contribution in [-0.4, -0.2) is 13.8 Å². The minimum absolute atomic E-state index is 0.613. The van der Waals surface area contributed by atoms with E-state index in [0.29, 0.717) is 5.92 Å². The number of aliphatic imine (C=N–C) groups is 1. The fraction of sp³-hybridized carbons (Fsp3) is 0.667. The molecule has 0 fully saturated rings. The fourth-order valence-corrected chi connectivity index (χ4v) is 3.42.